The van der Waals surface area contributed by atoms with Crippen LogP contribution in [0.15, 0.2) is 29.4 Å². The summed E-state index contributed by atoms with van der Waals surface area (Å²) in [6.45, 7) is 2.19. The summed E-state index contributed by atoms with van der Waals surface area (Å²) in [7, 11) is 0. The Morgan fingerprint density at radius 2 is 1.81 bits per heavy atom. The van der Waals surface area contributed by atoms with Gasteiger partial charge in [-0.15, -0.1) is 0 Å². The number of oxime groups is 1. The molecule has 0 amide bonds. The Hall–Kier alpha value is -1.67. The second kappa shape index (κ2) is 6.40. The predicted molar refractivity (Wildman–Crippen MR) is 65.2 cm³/mol. The normalized spacial score (nSPS) is 18.8. The number of nitrogens with zero attached hydrogens (tertiary/aromatic N) is 1. The van der Waals surface area contributed by atoms with Crippen molar-refractivity contribution in [2.45, 2.75) is 25.5 Å². The Morgan fingerprint density at radius 3 is 2.33 bits per heavy atom. The lowest BCUT2D eigenvalue weighted by molar-refractivity contribution is -0.138. The van der Waals surface area contributed by atoms with Crippen molar-refractivity contribution >= 4 is 5.71 Å². The molecule has 2 rings (SSSR count). The number of rotatable bonds is 4. The first-order valence-electron chi connectivity index (χ1n) is 6.18. The molecular formula is C13H13F4NO3. The van der Waals surface area contributed by atoms with Crippen molar-refractivity contribution in [2.75, 3.05) is 13.2 Å². The van der Waals surface area contributed by atoms with Crippen LogP contribution < -0.4 is 0 Å². The summed E-state index contributed by atoms with van der Waals surface area (Å²) in [5.74, 6) is -0.637. The summed E-state index contributed by atoms with van der Waals surface area (Å²) in [6, 6.07) is 3.81. The minimum Gasteiger partial charge on any atom is -0.387 e. The van der Waals surface area contributed by atoms with Crippen molar-refractivity contribution in [2.24, 2.45) is 5.16 Å². The molecule has 116 valence electrons. The Kier molecular flexibility index (Phi) is 4.79. The van der Waals surface area contributed by atoms with Crippen LogP contribution in [0.5, 0.6) is 0 Å². The number of hydrogen-bond donors (Lipinski definition) is 0. The number of alkyl halides is 3. The van der Waals surface area contributed by atoms with Gasteiger partial charge in [-0.05, 0) is 31.2 Å². The molecule has 1 atom stereocenters. The van der Waals surface area contributed by atoms with E-state index in [0.717, 1.165) is 24.3 Å². The third-order valence-electron chi connectivity index (χ3n) is 2.73. The van der Waals surface area contributed by atoms with Crippen molar-refractivity contribution in [3.8, 4) is 0 Å². The fraction of sp³-hybridized carbons (Fsp3) is 0.462. The molecule has 1 unspecified atom stereocenters. The average molecular weight is 307 g/mol. The molecule has 0 spiro atoms. The monoisotopic (exact) mass is 307 g/mol. The molecule has 1 aromatic carbocycles. The molecule has 8 heteroatoms. The Balaban J connectivity index is 2.15. The van der Waals surface area contributed by atoms with Gasteiger partial charge in [0.25, 0.3) is 0 Å². The van der Waals surface area contributed by atoms with Gasteiger partial charge < -0.3 is 14.3 Å². The van der Waals surface area contributed by atoms with Gasteiger partial charge in [-0.2, -0.15) is 13.2 Å². The molecule has 1 heterocycles. The lowest BCUT2D eigenvalue weighted by atomic mass is 10.1. The summed E-state index contributed by atoms with van der Waals surface area (Å²) < 4.78 is 61.9. The first kappa shape index (κ1) is 15.7. The number of benzene rings is 1. The maximum absolute atomic E-state index is 13.0. The Bertz CT molecular complexity index is 495. The quantitative estimate of drug-likeness (QED) is 0.488. The van der Waals surface area contributed by atoms with Crippen LogP contribution in [0, 0.1) is 5.82 Å². The standard InChI is InChI=1S/C13H13F4NO3/c1-8(12-19-6-7-20-12)21-18-11(13(15,16)17)9-2-4-10(14)5-3-9/h2-5,8,12H,6-7H2,1H3. The summed E-state index contributed by atoms with van der Waals surface area (Å²) in [6.07, 6.45) is -6.28. The molecular weight excluding hydrogens is 294 g/mol. The van der Waals surface area contributed by atoms with E-state index in [1.807, 2.05) is 0 Å². The molecule has 0 aromatic heterocycles. The lowest BCUT2D eigenvalue weighted by Gasteiger charge is -2.17. The maximum atomic E-state index is 13.0. The van der Waals surface area contributed by atoms with E-state index in [-0.39, 0.29) is 5.56 Å². The fourth-order valence-electron chi connectivity index (χ4n) is 1.71. The van der Waals surface area contributed by atoms with E-state index in [1.165, 1.54) is 6.92 Å². The number of halogens is 4. The highest BCUT2D eigenvalue weighted by Gasteiger charge is 2.38. The van der Waals surface area contributed by atoms with Crippen LogP contribution in [-0.4, -0.2) is 37.5 Å². The van der Waals surface area contributed by atoms with E-state index in [2.05, 4.69) is 5.16 Å². The molecule has 0 saturated carbocycles. The van der Waals surface area contributed by atoms with E-state index < -0.39 is 30.1 Å². The van der Waals surface area contributed by atoms with Crippen LogP contribution in [0.1, 0.15) is 12.5 Å². The zero-order valence-electron chi connectivity index (χ0n) is 11.1. The van der Waals surface area contributed by atoms with Crippen LogP contribution in [0.25, 0.3) is 0 Å². The Morgan fingerprint density at radius 1 is 1.24 bits per heavy atom. The number of ether oxygens (including phenoxy) is 2. The third-order valence-corrected chi connectivity index (χ3v) is 2.73. The smallest absolute Gasteiger partial charge is 0.387 e. The van der Waals surface area contributed by atoms with Gasteiger partial charge >= 0.3 is 6.18 Å². The second-order valence-electron chi connectivity index (χ2n) is 4.37. The molecule has 1 aromatic rings. The Labute approximate surface area is 118 Å². The lowest BCUT2D eigenvalue weighted by Crippen LogP contribution is -2.29. The van der Waals surface area contributed by atoms with Crippen molar-refractivity contribution < 1.29 is 31.9 Å². The van der Waals surface area contributed by atoms with Crippen LogP contribution >= 0.6 is 0 Å². The molecule has 21 heavy (non-hydrogen) atoms. The largest absolute Gasteiger partial charge is 0.437 e. The average Bonchev–Trinajstić information content (AvgIpc) is 2.93. The topological polar surface area (TPSA) is 40.0 Å². The molecule has 1 saturated heterocycles. The van der Waals surface area contributed by atoms with Crippen LogP contribution in [-0.2, 0) is 14.3 Å². The second-order valence-corrected chi connectivity index (χ2v) is 4.37. The first-order valence-corrected chi connectivity index (χ1v) is 6.18. The molecule has 4 nitrogen and oxygen atoms in total. The summed E-state index contributed by atoms with van der Waals surface area (Å²) in [5.41, 5.74) is -1.53. The highest BCUT2D eigenvalue weighted by Crippen LogP contribution is 2.24. The minimum absolute atomic E-state index is 0.288. The van der Waals surface area contributed by atoms with Gasteiger partial charge in [0.2, 0.25) is 0 Å². The highest BCUT2D eigenvalue weighted by atomic mass is 19.4. The zero-order valence-corrected chi connectivity index (χ0v) is 11.1. The fourth-order valence-corrected chi connectivity index (χ4v) is 1.71. The molecule has 1 aliphatic heterocycles. The van der Waals surface area contributed by atoms with Crippen LogP contribution in [0.2, 0.25) is 0 Å². The van der Waals surface area contributed by atoms with E-state index in [4.69, 9.17) is 14.3 Å². The van der Waals surface area contributed by atoms with Crippen molar-refractivity contribution in [1.29, 1.82) is 0 Å². The SMILES string of the molecule is CC(ON=C(c1ccc(F)cc1)C(F)(F)F)C1OCCO1. The highest BCUT2D eigenvalue weighted by molar-refractivity contribution is 6.04. The van der Waals surface area contributed by atoms with E-state index in [0.29, 0.717) is 13.2 Å². The van der Waals surface area contributed by atoms with E-state index in [9.17, 15) is 17.6 Å². The van der Waals surface area contributed by atoms with Crippen molar-refractivity contribution in [3.63, 3.8) is 0 Å². The molecule has 0 radical (unpaired) electrons. The van der Waals surface area contributed by atoms with Gasteiger partial charge in [-0.1, -0.05) is 5.16 Å². The molecule has 1 aliphatic rings. The molecule has 1 fully saturated rings. The molecule has 0 aliphatic carbocycles. The molecule has 0 bridgehead atoms. The van der Waals surface area contributed by atoms with Crippen molar-refractivity contribution in [3.05, 3.63) is 35.6 Å². The summed E-state index contributed by atoms with van der Waals surface area (Å²) >= 11 is 0. The van der Waals surface area contributed by atoms with Gasteiger partial charge in [0.1, 0.15) is 5.82 Å². The van der Waals surface area contributed by atoms with Crippen LogP contribution in [0.3, 0.4) is 0 Å². The summed E-state index contributed by atoms with van der Waals surface area (Å²) in [4.78, 5) is 4.82. The summed E-state index contributed by atoms with van der Waals surface area (Å²) in [5, 5.41) is 3.15. The predicted octanol–water partition coefficient (Wildman–Crippen LogP) is 2.87. The molecule has 0 N–H and O–H groups in total. The van der Waals surface area contributed by atoms with E-state index in [1.54, 1.807) is 0 Å². The minimum atomic E-state index is -4.73. The maximum Gasteiger partial charge on any atom is 0.437 e. The van der Waals surface area contributed by atoms with Crippen molar-refractivity contribution in [1.82, 2.24) is 0 Å². The van der Waals surface area contributed by atoms with Gasteiger partial charge in [-0.25, -0.2) is 4.39 Å². The van der Waals surface area contributed by atoms with E-state index >= 15 is 0 Å². The van der Waals surface area contributed by atoms with Gasteiger partial charge in [0.05, 0.1) is 13.2 Å². The zero-order chi connectivity index (χ0) is 15.5. The van der Waals surface area contributed by atoms with Gasteiger partial charge in [-0.3, -0.25) is 0 Å². The van der Waals surface area contributed by atoms with Gasteiger partial charge in [0.15, 0.2) is 18.1 Å². The third kappa shape index (κ3) is 4.15. The number of hydrogen-bond acceptors (Lipinski definition) is 4. The van der Waals surface area contributed by atoms with Crippen LogP contribution in [0.4, 0.5) is 17.6 Å². The first-order chi connectivity index (χ1) is 9.88. The van der Waals surface area contributed by atoms with Gasteiger partial charge in [0, 0.05) is 5.56 Å².